The molecule has 1 spiro atoms. The minimum atomic E-state index is -1.04. The van der Waals surface area contributed by atoms with Crippen molar-refractivity contribution < 1.29 is 9.84 Å². The van der Waals surface area contributed by atoms with E-state index in [0.29, 0.717) is 24.5 Å². The molecule has 1 aromatic carbocycles. The molecule has 0 aromatic heterocycles. The number of rotatable bonds is 6. The molecule has 0 radical (unpaired) electrons. The van der Waals surface area contributed by atoms with Gasteiger partial charge in [0.05, 0.1) is 6.61 Å². The molecule has 0 bridgehead atoms. The highest BCUT2D eigenvalue weighted by molar-refractivity contribution is 6.30. The second-order valence-electron chi connectivity index (χ2n) is 7.80. The molecule has 1 unspecified atom stereocenters. The van der Waals surface area contributed by atoms with Gasteiger partial charge in [-0.25, -0.2) is 0 Å². The second kappa shape index (κ2) is 9.21. The average molecular weight is 400 g/mol. The van der Waals surface area contributed by atoms with E-state index < -0.39 is 11.2 Å². The van der Waals surface area contributed by atoms with Gasteiger partial charge < -0.3 is 9.84 Å². The van der Waals surface area contributed by atoms with Gasteiger partial charge in [0.1, 0.15) is 11.2 Å². The van der Waals surface area contributed by atoms with Gasteiger partial charge in [-0.2, -0.15) is 0 Å². The maximum absolute atomic E-state index is 12.1. The van der Waals surface area contributed by atoms with Crippen LogP contribution in [0.3, 0.4) is 0 Å². The van der Waals surface area contributed by atoms with Crippen molar-refractivity contribution in [2.75, 3.05) is 6.61 Å². The molecule has 2 aliphatic rings. The molecule has 1 aliphatic heterocycles. The van der Waals surface area contributed by atoms with E-state index >= 15 is 0 Å². The molecule has 3 nitrogen and oxygen atoms in total. The first-order chi connectivity index (χ1) is 13.5. The van der Waals surface area contributed by atoms with Crippen molar-refractivity contribution in [3.05, 3.63) is 65.4 Å². The Morgan fingerprint density at radius 1 is 1.25 bits per heavy atom. The lowest BCUT2D eigenvalue weighted by molar-refractivity contribution is -0.176. The summed E-state index contributed by atoms with van der Waals surface area (Å²) in [6.45, 7) is 6.24. The van der Waals surface area contributed by atoms with Gasteiger partial charge in [-0.15, -0.1) is 0 Å². The summed E-state index contributed by atoms with van der Waals surface area (Å²) < 4.78 is 6.29. The molecule has 150 valence electrons. The first-order valence-corrected chi connectivity index (χ1v) is 10.5. The van der Waals surface area contributed by atoms with Gasteiger partial charge in [-0.3, -0.25) is 4.99 Å². The van der Waals surface area contributed by atoms with Crippen molar-refractivity contribution in [2.45, 2.75) is 63.1 Å². The van der Waals surface area contributed by atoms with Crippen LogP contribution >= 0.6 is 11.6 Å². The van der Waals surface area contributed by atoms with Crippen molar-refractivity contribution in [1.29, 1.82) is 0 Å². The molecule has 1 heterocycles. The highest BCUT2D eigenvalue weighted by atomic mass is 35.5. The van der Waals surface area contributed by atoms with Gasteiger partial charge in [0, 0.05) is 17.4 Å². The highest BCUT2D eigenvalue weighted by Gasteiger charge is 2.55. The predicted octanol–water partition coefficient (Wildman–Crippen LogP) is 6.13. The summed E-state index contributed by atoms with van der Waals surface area (Å²) in [5.41, 5.74) is 1.43. The largest absolute Gasteiger partial charge is 0.382 e. The van der Waals surface area contributed by atoms with Crippen LogP contribution in [0.1, 0.15) is 57.4 Å². The number of ether oxygens (including phenoxy) is 1. The fraction of sp³-hybridized carbons (Fsp3) is 0.458. The quantitative estimate of drug-likeness (QED) is 0.461. The number of nitrogens with zero attached hydrogens (tertiary/aromatic N) is 1. The van der Waals surface area contributed by atoms with E-state index in [1.165, 1.54) is 6.42 Å². The number of aliphatic imine (C=N–C) groups is 1. The Balaban J connectivity index is 1.90. The van der Waals surface area contributed by atoms with Crippen LogP contribution < -0.4 is 0 Å². The fourth-order valence-electron chi connectivity index (χ4n) is 4.42. The Morgan fingerprint density at radius 2 is 1.96 bits per heavy atom. The average Bonchev–Trinajstić information content (AvgIpc) is 2.71. The molecule has 28 heavy (non-hydrogen) atoms. The molecule has 0 saturated heterocycles. The predicted molar refractivity (Wildman–Crippen MR) is 118 cm³/mol. The molecule has 1 aromatic rings. The maximum Gasteiger partial charge on any atom is 0.119 e. The Labute approximate surface area is 173 Å². The summed E-state index contributed by atoms with van der Waals surface area (Å²) in [6, 6.07) is 7.74. The Bertz CT molecular complexity index is 772. The van der Waals surface area contributed by atoms with E-state index in [0.717, 1.165) is 42.4 Å². The van der Waals surface area contributed by atoms with Crippen LogP contribution in [-0.2, 0) is 4.74 Å². The topological polar surface area (TPSA) is 41.8 Å². The van der Waals surface area contributed by atoms with Crippen LogP contribution in [0.2, 0.25) is 5.02 Å². The van der Waals surface area contributed by atoms with Gasteiger partial charge in [0.2, 0.25) is 0 Å². The smallest absolute Gasteiger partial charge is 0.119 e. The van der Waals surface area contributed by atoms with Crippen molar-refractivity contribution in [2.24, 2.45) is 4.99 Å². The Hall–Kier alpha value is -1.68. The number of aliphatic hydroxyl groups is 1. The van der Waals surface area contributed by atoms with Crippen LogP contribution in [0.4, 0.5) is 0 Å². The molecule has 1 fully saturated rings. The van der Waals surface area contributed by atoms with Crippen LogP contribution in [0, 0.1) is 0 Å². The van der Waals surface area contributed by atoms with E-state index in [4.69, 9.17) is 16.3 Å². The summed E-state index contributed by atoms with van der Waals surface area (Å²) in [7, 11) is 0. The Kier molecular flexibility index (Phi) is 6.92. The van der Waals surface area contributed by atoms with Crippen molar-refractivity contribution in [3.63, 3.8) is 0 Å². The summed E-state index contributed by atoms with van der Waals surface area (Å²) in [6.07, 6.45) is 13.9. The first-order valence-electron chi connectivity index (χ1n) is 10.1. The SMILES string of the molecule is C=C/C(C)=C\N=CCCC1(O)C(c2ccc(Cl)cc2)=CCOC12CCCCC2. The highest BCUT2D eigenvalue weighted by Crippen LogP contribution is 2.51. The zero-order chi connectivity index (χ0) is 20.0. The van der Waals surface area contributed by atoms with Gasteiger partial charge >= 0.3 is 0 Å². The van der Waals surface area contributed by atoms with Crippen molar-refractivity contribution in [1.82, 2.24) is 0 Å². The van der Waals surface area contributed by atoms with Crippen LogP contribution in [0.15, 0.2) is 59.8 Å². The van der Waals surface area contributed by atoms with Gasteiger partial charge in [0.25, 0.3) is 0 Å². The van der Waals surface area contributed by atoms with E-state index in [9.17, 15) is 5.11 Å². The van der Waals surface area contributed by atoms with E-state index in [1.54, 1.807) is 12.3 Å². The third-order valence-electron chi connectivity index (χ3n) is 6.00. The van der Waals surface area contributed by atoms with E-state index in [1.807, 2.05) is 43.5 Å². The molecule has 1 N–H and O–H groups in total. The first kappa shape index (κ1) is 21.0. The molecular weight excluding hydrogens is 370 g/mol. The normalized spacial score (nSPS) is 25.1. The van der Waals surface area contributed by atoms with Crippen LogP contribution in [0.25, 0.3) is 5.57 Å². The van der Waals surface area contributed by atoms with E-state index in [-0.39, 0.29) is 0 Å². The third-order valence-corrected chi connectivity index (χ3v) is 6.26. The summed E-state index contributed by atoms with van der Waals surface area (Å²) >= 11 is 6.08. The van der Waals surface area contributed by atoms with Gasteiger partial charge in [-0.1, -0.05) is 61.7 Å². The maximum atomic E-state index is 12.1. The molecule has 0 amide bonds. The standard InChI is InChI=1S/C24H30ClNO2/c1-3-19(2)18-26-16-7-15-24(27)22(20-8-10-21(25)11-9-20)12-17-28-23(24)13-5-4-6-14-23/h3,8-12,16,18,27H,1,4-7,13-15,17H2,2H3/b19-18-,26-16?. The third kappa shape index (κ3) is 4.32. The number of hydrogen-bond acceptors (Lipinski definition) is 3. The second-order valence-corrected chi connectivity index (χ2v) is 8.23. The number of halogens is 1. The minimum Gasteiger partial charge on any atom is -0.382 e. The fourth-order valence-corrected chi connectivity index (χ4v) is 4.54. The van der Waals surface area contributed by atoms with Crippen molar-refractivity contribution in [3.8, 4) is 0 Å². The molecule has 4 heteroatoms. The minimum absolute atomic E-state index is 0.518. The lowest BCUT2D eigenvalue weighted by Gasteiger charge is -2.52. The number of benzene rings is 1. The molecule has 1 aliphatic carbocycles. The summed E-state index contributed by atoms with van der Waals surface area (Å²) in [5.74, 6) is 0. The molecule has 3 rings (SSSR count). The molecule has 1 atom stereocenters. The number of hydrogen-bond donors (Lipinski definition) is 1. The Morgan fingerprint density at radius 3 is 2.64 bits per heavy atom. The monoisotopic (exact) mass is 399 g/mol. The van der Waals surface area contributed by atoms with Gasteiger partial charge in [0.15, 0.2) is 0 Å². The van der Waals surface area contributed by atoms with E-state index in [2.05, 4.69) is 11.6 Å². The zero-order valence-corrected chi connectivity index (χ0v) is 17.4. The van der Waals surface area contributed by atoms with Crippen LogP contribution in [0.5, 0.6) is 0 Å². The molecular formula is C24H30ClNO2. The summed E-state index contributed by atoms with van der Waals surface area (Å²) in [4.78, 5) is 4.35. The van der Waals surface area contributed by atoms with Gasteiger partial charge in [-0.05, 0) is 61.4 Å². The zero-order valence-electron chi connectivity index (χ0n) is 16.7. The van der Waals surface area contributed by atoms with Crippen LogP contribution in [-0.4, -0.2) is 29.1 Å². The lowest BCUT2D eigenvalue weighted by atomic mass is 9.65. The summed E-state index contributed by atoms with van der Waals surface area (Å²) in [5, 5.41) is 12.8. The van der Waals surface area contributed by atoms with Crippen molar-refractivity contribution >= 4 is 23.4 Å². The molecule has 1 saturated carbocycles. The number of allylic oxidation sites excluding steroid dienone is 2. The lowest BCUT2D eigenvalue weighted by Crippen LogP contribution is -2.59.